The van der Waals surface area contributed by atoms with E-state index in [1.807, 2.05) is 13.0 Å². The number of thiophene rings is 1. The molecule has 2 aromatic rings. The van der Waals surface area contributed by atoms with Crippen LogP contribution in [-0.4, -0.2) is 6.61 Å². The first-order valence-electron chi connectivity index (χ1n) is 5.90. The minimum absolute atomic E-state index is 0.301. The average Bonchev–Trinajstić information content (AvgIpc) is 2.76. The van der Waals surface area contributed by atoms with Gasteiger partial charge in [0.15, 0.2) is 11.6 Å². The maximum Gasteiger partial charge on any atom is 0.167 e. The van der Waals surface area contributed by atoms with Crippen LogP contribution in [0.2, 0.25) is 0 Å². The van der Waals surface area contributed by atoms with Crippen molar-refractivity contribution in [3.8, 4) is 5.75 Å². The van der Waals surface area contributed by atoms with E-state index in [1.165, 1.54) is 16.5 Å². The van der Waals surface area contributed by atoms with Crippen molar-refractivity contribution in [3.63, 3.8) is 0 Å². The van der Waals surface area contributed by atoms with Gasteiger partial charge < -0.3 is 10.1 Å². The first kappa shape index (κ1) is 12.9. The fourth-order valence-electron chi connectivity index (χ4n) is 1.65. The van der Waals surface area contributed by atoms with E-state index in [1.54, 1.807) is 17.4 Å². The summed E-state index contributed by atoms with van der Waals surface area (Å²) in [5.41, 5.74) is 2.03. The lowest BCUT2D eigenvalue weighted by atomic mass is 10.2. The Bertz CT molecular complexity index is 524. The van der Waals surface area contributed by atoms with E-state index >= 15 is 0 Å². The first-order chi connectivity index (χ1) is 8.70. The van der Waals surface area contributed by atoms with Crippen molar-refractivity contribution in [3.05, 3.63) is 45.9 Å². The lowest BCUT2D eigenvalue weighted by molar-refractivity contribution is 0.321. The average molecular weight is 265 g/mol. The number of hydrogen-bond acceptors (Lipinski definition) is 3. The second kappa shape index (κ2) is 5.87. The number of hydrogen-bond donors (Lipinski definition) is 1. The van der Waals surface area contributed by atoms with E-state index in [-0.39, 0.29) is 5.82 Å². The summed E-state index contributed by atoms with van der Waals surface area (Å²) in [4.78, 5) is 1.27. The summed E-state index contributed by atoms with van der Waals surface area (Å²) in [6, 6.07) is 7.04. The smallest absolute Gasteiger partial charge is 0.167 e. The number of ether oxygens (including phenoxy) is 1. The van der Waals surface area contributed by atoms with Gasteiger partial charge >= 0.3 is 0 Å². The molecule has 1 aromatic heterocycles. The van der Waals surface area contributed by atoms with Crippen LogP contribution in [0, 0.1) is 12.7 Å². The largest absolute Gasteiger partial charge is 0.491 e. The molecular formula is C14H16FNOS. The Balaban J connectivity index is 2.02. The second-order valence-corrected chi connectivity index (χ2v) is 4.96. The Morgan fingerprint density at radius 1 is 1.33 bits per heavy atom. The summed E-state index contributed by atoms with van der Waals surface area (Å²) in [5, 5.41) is 5.27. The van der Waals surface area contributed by atoms with E-state index in [9.17, 15) is 4.39 Å². The van der Waals surface area contributed by atoms with Crippen molar-refractivity contribution in [1.82, 2.24) is 0 Å². The second-order valence-electron chi connectivity index (χ2n) is 3.96. The molecule has 0 atom stereocenters. The highest BCUT2D eigenvalue weighted by Crippen LogP contribution is 2.22. The quantitative estimate of drug-likeness (QED) is 0.874. The number of aryl methyl sites for hydroxylation is 1. The summed E-state index contributed by atoms with van der Waals surface area (Å²) in [7, 11) is 0. The van der Waals surface area contributed by atoms with Gasteiger partial charge in [-0.15, -0.1) is 11.3 Å². The Morgan fingerprint density at radius 2 is 2.17 bits per heavy atom. The predicted molar refractivity (Wildman–Crippen MR) is 74.0 cm³/mol. The van der Waals surface area contributed by atoms with Gasteiger partial charge in [0, 0.05) is 23.2 Å². The summed E-state index contributed by atoms with van der Waals surface area (Å²) < 4.78 is 18.8. The fraction of sp³-hybridized carbons (Fsp3) is 0.286. The predicted octanol–water partition coefficient (Wildman–Crippen LogP) is 4.21. The van der Waals surface area contributed by atoms with E-state index in [0.717, 1.165) is 12.2 Å². The topological polar surface area (TPSA) is 21.3 Å². The molecule has 0 fully saturated rings. The Kier molecular flexibility index (Phi) is 4.20. The van der Waals surface area contributed by atoms with Crippen LogP contribution < -0.4 is 10.1 Å². The van der Waals surface area contributed by atoms with E-state index in [0.29, 0.717) is 12.4 Å². The molecule has 0 spiro atoms. The molecule has 0 unspecified atom stereocenters. The highest BCUT2D eigenvalue weighted by atomic mass is 32.1. The molecule has 2 nitrogen and oxygen atoms in total. The molecule has 96 valence electrons. The highest BCUT2D eigenvalue weighted by Gasteiger charge is 2.05. The Morgan fingerprint density at radius 3 is 2.78 bits per heavy atom. The third-order valence-corrected chi connectivity index (χ3v) is 3.68. The minimum Gasteiger partial charge on any atom is -0.491 e. The molecule has 18 heavy (non-hydrogen) atoms. The van der Waals surface area contributed by atoms with Crippen LogP contribution in [-0.2, 0) is 6.54 Å². The molecule has 1 heterocycles. The molecule has 0 radical (unpaired) electrons. The van der Waals surface area contributed by atoms with Crippen LogP contribution >= 0.6 is 11.3 Å². The standard InChI is InChI=1S/C14H16FNOS/c1-3-17-13-5-4-11(8-12(13)15)16-9-14-10(2)6-7-18-14/h4-8,16H,3,9H2,1-2H3. The zero-order valence-corrected chi connectivity index (χ0v) is 11.3. The van der Waals surface area contributed by atoms with E-state index in [4.69, 9.17) is 4.74 Å². The van der Waals surface area contributed by atoms with Crippen LogP contribution in [0.3, 0.4) is 0 Å². The highest BCUT2D eigenvalue weighted by molar-refractivity contribution is 7.10. The van der Waals surface area contributed by atoms with Gasteiger partial charge in [0.2, 0.25) is 0 Å². The SMILES string of the molecule is CCOc1ccc(NCc2sccc2C)cc1F. The molecule has 0 bridgehead atoms. The van der Waals surface area contributed by atoms with Gasteiger partial charge in [0.25, 0.3) is 0 Å². The monoisotopic (exact) mass is 265 g/mol. The number of nitrogens with one attached hydrogen (secondary N) is 1. The molecule has 0 aliphatic rings. The van der Waals surface area contributed by atoms with Crippen LogP contribution in [0.1, 0.15) is 17.4 Å². The zero-order valence-electron chi connectivity index (χ0n) is 10.5. The van der Waals surface area contributed by atoms with Gasteiger partial charge in [0.1, 0.15) is 0 Å². The van der Waals surface area contributed by atoms with E-state index < -0.39 is 0 Å². The molecule has 1 N–H and O–H groups in total. The van der Waals surface area contributed by atoms with Crippen molar-refractivity contribution >= 4 is 17.0 Å². The molecule has 0 aliphatic heterocycles. The van der Waals surface area contributed by atoms with E-state index in [2.05, 4.69) is 23.7 Å². The van der Waals surface area contributed by atoms with Crippen molar-refractivity contribution in [2.24, 2.45) is 0 Å². The van der Waals surface area contributed by atoms with Crippen molar-refractivity contribution in [1.29, 1.82) is 0 Å². The van der Waals surface area contributed by atoms with Crippen molar-refractivity contribution < 1.29 is 9.13 Å². The van der Waals surface area contributed by atoms with Gasteiger partial charge in [0.05, 0.1) is 6.61 Å². The van der Waals surface area contributed by atoms with Crippen LogP contribution in [0.5, 0.6) is 5.75 Å². The van der Waals surface area contributed by atoms with Crippen LogP contribution in [0.25, 0.3) is 0 Å². The molecule has 0 aliphatic carbocycles. The van der Waals surface area contributed by atoms with Gasteiger partial charge in [-0.2, -0.15) is 0 Å². The fourth-order valence-corrected chi connectivity index (χ4v) is 2.50. The van der Waals surface area contributed by atoms with Crippen LogP contribution in [0.4, 0.5) is 10.1 Å². The maximum absolute atomic E-state index is 13.6. The summed E-state index contributed by atoms with van der Waals surface area (Å²) in [5.74, 6) is -0.0277. The molecule has 0 saturated carbocycles. The molecular weight excluding hydrogens is 249 g/mol. The number of anilines is 1. The number of benzene rings is 1. The third-order valence-electron chi connectivity index (χ3n) is 2.65. The molecule has 0 amide bonds. The van der Waals surface area contributed by atoms with Gasteiger partial charge in [-0.05, 0) is 43.0 Å². The van der Waals surface area contributed by atoms with Gasteiger partial charge in [-0.3, -0.25) is 0 Å². The molecule has 2 rings (SSSR count). The number of rotatable bonds is 5. The summed E-state index contributed by atoms with van der Waals surface area (Å²) >= 11 is 1.70. The van der Waals surface area contributed by atoms with Crippen molar-refractivity contribution in [2.75, 3.05) is 11.9 Å². The summed E-state index contributed by atoms with van der Waals surface area (Å²) in [6.45, 7) is 5.10. The number of halogens is 1. The van der Waals surface area contributed by atoms with Gasteiger partial charge in [-0.25, -0.2) is 4.39 Å². The van der Waals surface area contributed by atoms with Crippen LogP contribution in [0.15, 0.2) is 29.6 Å². The van der Waals surface area contributed by atoms with Gasteiger partial charge in [-0.1, -0.05) is 0 Å². The first-order valence-corrected chi connectivity index (χ1v) is 6.78. The molecule has 0 saturated heterocycles. The zero-order chi connectivity index (χ0) is 13.0. The Hall–Kier alpha value is -1.55. The van der Waals surface area contributed by atoms with Crippen molar-refractivity contribution in [2.45, 2.75) is 20.4 Å². The maximum atomic E-state index is 13.6. The Labute approximate surface area is 110 Å². The molecule has 1 aromatic carbocycles. The summed E-state index contributed by atoms with van der Waals surface area (Å²) in [6.07, 6.45) is 0. The normalized spacial score (nSPS) is 10.4. The third kappa shape index (κ3) is 3.01. The lowest BCUT2D eigenvalue weighted by Gasteiger charge is -2.09. The lowest BCUT2D eigenvalue weighted by Crippen LogP contribution is -2.00. The molecule has 4 heteroatoms. The minimum atomic E-state index is -0.329.